The van der Waals surface area contributed by atoms with E-state index in [4.69, 9.17) is 0 Å². The summed E-state index contributed by atoms with van der Waals surface area (Å²) in [5, 5.41) is 10.9. The second-order valence-electron chi connectivity index (χ2n) is 5.39. The highest BCUT2D eigenvalue weighted by Gasteiger charge is 2.01. The van der Waals surface area contributed by atoms with Crippen molar-refractivity contribution in [3.05, 3.63) is 72.8 Å². The minimum Gasteiger partial charge on any atom is -0.355 e. The molecule has 0 saturated heterocycles. The first kappa shape index (κ1) is 15.9. The number of rotatable bonds is 6. The number of aliphatic imine (C=N–C) groups is 1. The van der Waals surface area contributed by atoms with E-state index in [9.17, 15) is 0 Å². The van der Waals surface area contributed by atoms with E-state index in [-0.39, 0.29) is 0 Å². The number of nitrogens with zero attached hydrogens (tertiary/aromatic N) is 4. The third-order valence-corrected chi connectivity index (χ3v) is 3.69. The average molecular weight is 322 g/mol. The zero-order valence-electron chi connectivity index (χ0n) is 13.8. The Morgan fingerprint density at radius 2 is 1.96 bits per heavy atom. The van der Waals surface area contributed by atoms with Crippen LogP contribution in [0.5, 0.6) is 0 Å². The number of nitrogens with one attached hydrogen (secondary N) is 2. The first-order valence-corrected chi connectivity index (χ1v) is 7.99. The molecule has 2 N–H and O–H groups in total. The van der Waals surface area contributed by atoms with E-state index < -0.39 is 0 Å². The Morgan fingerprint density at radius 1 is 1.08 bits per heavy atom. The van der Waals surface area contributed by atoms with E-state index in [2.05, 4.69) is 49.8 Å². The third-order valence-electron chi connectivity index (χ3n) is 3.69. The van der Waals surface area contributed by atoms with Gasteiger partial charge in [0.1, 0.15) is 0 Å². The van der Waals surface area contributed by atoms with Crippen LogP contribution in [0.1, 0.15) is 5.56 Å². The minimum atomic E-state index is 0.707. The van der Waals surface area contributed by atoms with Crippen LogP contribution in [0.4, 0.5) is 0 Å². The molecule has 0 aliphatic heterocycles. The molecule has 24 heavy (non-hydrogen) atoms. The number of hydrogen-bond acceptors (Lipinski definition) is 2. The van der Waals surface area contributed by atoms with Gasteiger partial charge in [0, 0.05) is 51.5 Å². The molecule has 2 aromatic heterocycles. The van der Waals surface area contributed by atoms with Gasteiger partial charge in [-0.1, -0.05) is 12.1 Å². The van der Waals surface area contributed by atoms with Gasteiger partial charge < -0.3 is 15.2 Å². The summed E-state index contributed by atoms with van der Waals surface area (Å²) in [6, 6.07) is 14.3. The Bertz CT molecular complexity index is 759. The largest absolute Gasteiger partial charge is 0.355 e. The molecule has 3 aromatic rings. The third kappa shape index (κ3) is 4.25. The van der Waals surface area contributed by atoms with Crippen LogP contribution < -0.4 is 10.6 Å². The molecule has 0 spiro atoms. The Kier molecular flexibility index (Phi) is 5.29. The Hall–Kier alpha value is -3.02. The molecule has 6 nitrogen and oxygen atoms in total. The molecule has 1 aromatic carbocycles. The van der Waals surface area contributed by atoms with Gasteiger partial charge in [-0.2, -0.15) is 5.10 Å². The lowest BCUT2D eigenvalue weighted by Gasteiger charge is -2.13. The molecule has 6 heteroatoms. The fourth-order valence-corrected chi connectivity index (χ4v) is 2.46. The lowest BCUT2D eigenvalue weighted by molar-refractivity contribution is 0.665. The van der Waals surface area contributed by atoms with Crippen molar-refractivity contribution in [1.29, 1.82) is 0 Å². The topological polar surface area (TPSA) is 59.2 Å². The van der Waals surface area contributed by atoms with Crippen molar-refractivity contribution < 1.29 is 0 Å². The summed E-state index contributed by atoms with van der Waals surface area (Å²) in [7, 11) is 1.78. The van der Waals surface area contributed by atoms with Crippen LogP contribution in [-0.4, -0.2) is 33.9 Å². The highest BCUT2D eigenvalue weighted by Crippen LogP contribution is 2.09. The molecule has 0 aliphatic rings. The predicted octanol–water partition coefficient (Wildman–Crippen LogP) is 2.04. The molecule has 0 amide bonds. The molecule has 124 valence electrons. The predicted molar refractivity (Wildman–Crippen MR) is 96.2 cm³/mol. The second-order valence-corrected chi connectivity index (χ2v) is 5.39. The van der Waals surface area contributed by atoms with Crippen molar-refractivity contribution in [1.82, 2.24) is 25.0 Å². The normalized spacial score (nSPS) is 11.5. The standard InChI is InChI=1S/C18H22N6/c1-19-18(20-9-13-23-10-2-3-11-23)21-15-16-6-4-7-17(14-16)24-12-5-8-22-24/h2-8,10-12,14H,9,13,15H2,1H3,(H2,19,20,21). The smallest absolute Gasteiger partial charge is 0.191 e. The Morgan fingerprint density at radius 3 is 2.71 bits per heavy atom. The van der Waals surface area contributed by atoms with E-state index in [1.54, 1.807) is 13.2 Å². The molecule has 0 aliphatic carbocycles. The maximum absolute atomic E-state index is 4.26. The van der Waals surface area contributed by atoms with Crippen LogP contribution in [0.15, 0.2) is 72.2 Å². The molecule has 0 saturated carbocycles. The van der Waals surface area contributed by atoms with Gasteiger partial charge in [0.15, 0.2) is 5.96 Å². The van der Waals surface area contributed by atoms with Crippen molar-refractivity contribution in [2.45, 2.75) is 13.1 Å². The van der Waals surface area contributed by atoms with Crippen molar-refractivity contribution in [3.63, 3.8) is 0 Å². The summed E-state index contributed by atoms with van der Waals surface area (Å²) in [5.74, 6) is 0.798. The van der Waals surface area contributed by atoms with Gasteiger partial charge in [-0.25, -0.2) is 4.68 Å². The Balaban J connectivity index is 1.51. The molecule has 0 unspecified atom stereocenters. The number of guanidine groups is 1. The summed E-state index contributed by atoms with van der Waals surface area (Å²) >= 11 is 0. The van der Waals surface area contributed by atoms with E-state index in [1.165, 1.54) is 5.56 Å². The van der Waals surface area contributed by atoms with Gasteiger partial charge in [0.05, 0.1) is 5.69 Å². The molecule has 0 atom stereocenters. The SMILES string of the molecule is CN=C(NCCn1cccc1)NCc1cccc(-n2cccn2)c1. The number of hydrogen-bond donors (Lipinski definition) is 2. The Labute approximate surface area is 141 Å². The highest BCUT2D eigenvalue weighted by atomic mass is 15.3. The van der Waals surface area contributed by atoms with E-state index in [1.807, 2.05) is 41.2 Å². The van der Waals surface area contributed by atoms with Gasteiger partial charge in [-0.15, -0.1) is 0 Å². The van der Waals surface area contributed by atoms with Crippen LogP contribution >= 0.6 is 0 Å². The van der Waals surface area contributed by atoms with E-state index >= 15 is 0 Å². The monoisotopic (exact) mass is 322 g/mol. The van der Waals surface area contributed by atoms with Crippen molar-refractivity contribution >= 4 is 5.96 Å². The zero-order valence-corrected chi connectivity index (χ0v) is 13.8. The van der Waals surface area contributed by atoms with Gasteiger partial charge in [0.2, 0.25) is 0 Å². The summed E-state index contributed by atoms with van der Waals surface area (Å²) < 4.78 is 3.99. The number of benzene rings is 1. The summed E-state index contributed by atoms with van der Waals surface area (Å²) in [6.07, 6.45) is 7.83. The first-order chi connectivity index (χ1) is 11.8. The quantitative estimate of drug-likeness (QED) is 0.539. The first-order valence-electron chi connectivity index (χ1n) is 7.99. The van der Waals surface area contributed by atoms with Crippen molar-refractivity contribution in [2.75, 3.05) is 13.6 Å². The van der Waals surface area contributed by atoms with Crippen molar-refractivity contribution in [2.24, 2.45) is 4.99 Å². The highest BCUT2D eigenvalue weighted by molar-refractivity contribution is 5.79. The fraction of sp³-hybridized carbons (Fsp3) is 0.222. The molecular formula is C18H22N6. The van der Waals surface area contributed by atoms with Gasteiger partial charge in [0.25, 0.3) is 0 Å². The van der Waals surface area contributed by atoms with E-state index in [0.29, 0.717) is 6.54 Å². The lowest BCUT2D eigenvalue weighted by Crippen LogP contribution is -2.38. The molecular weight excluding hydrogens is 300 g/mol. The molecule has 0 radical (unpaired) electrons. The summed E-state index contributed by atoms with van der Waals surface area (Å²) in [5.41, 5.74) is 2.23. The van der Waals surface area contributed by atoms with Crippen LogP contribution in [0, 0.1) is 0 Å². The second kappa shape index (κ2) is 8.01. The lowest BCUT2D eigenvalue weighted by atomic mass is 10.2. The average Bonchev–Trinajstić information content (AvgIpc) is 3.31. The van der Waals surface area contributed by atoms with Crippen LogP contribution in [0.25, 0.3) is 5.69 Å². The minimum absolute atomic E-state index is 0.707. The fourth-order valence-electron chi connectivity index (χ4n) is 2.46. The number of aromatic nitrogens is 3. The molecule has 2 heterocycles. The maximum atomic E-state index is 4.26. The van der Waals surface area contributed by atoms with Gasteiger partial charge in [-0.05, 0) is 35.9 Å². The molecule has 3 rings (SSSR count). The summed E-state index contributed by atoms with van der Waals surface area (Å²) in [6.45, 7) is 2.43. The maximum Gasteiger partial charge on any atom is 0.191 e. The van der Waals surface area contributed by atoms with Crippen LogP contribution in [0.2, 0.25) is 0 Å². The van der Waals surface area contributed by atoms with Gasteiger partial charge >= 0.3 is 0 Å². The van der Waals surface area contributed by atoms with Crippen LogP contribution in [-0.2, 0) is 13.1 Å². The van der Waals surface area contributed by atoms with Crippen molar-refractivity contribution in [3.8, 4) is 5.69 Å². The van der Waals surface area contributed by atoms with E-state index in [0.717, 1.165) is 24.7 Å². The molecule has 0 bridgehead atoms. The molecule has 0 fully saturated rings. The summed E-state index contributed by atoms with van der Waals surface area (Å²) in [4.78, 5) is 4.26. The van der Waals surface area contributed by atoms with Gasteiger partial charge in [-0.3, -0.25) is 4.99 Å². The van der Waals surface area contributed by atoms with Crippen LogP contribution in [0.3, 0.4) is 0 Å². The zero-order chi connectivity index (χ0) is 16.6.